The molecule has 2 aromatic carbocycles. The largest absolute Gasteiger partial charge is 0.326 e. The maximum atomic E-state index is 13.2. The minimum absolute atomic E-state index is 0.0304. The molecular formula is C19H24N2O4S2. The van der Waals surface area contributed by atoms with Crippen LogP contribution in [0.15, 0.2) is 59.5 Å². The number of benzene rings is 2. The molecule has 1 aliphatic heterocycles. The van der Waals surface area contributed by atoms with E-state index < -0.39 is 25.1 Å². The van der Waals surface area contributed by atoms with Crippen molar-refractivity contribution in [3.05, 3.63) is 65.7 Å². The van der Waals surface area contributed by atoms with Crippen molar-refractivity contribution in [3.63, 3.8) is 0 Å². The summed E-state index contributed by atoms with van der Waals surface area (Å²) in [6, 6.07) is 16.0. The van der Waals surface area contributed by atoms with Crippen LogP contribution in [0, 0.1) is 0 Å². The first-order valence-corrected chi connectivity index (χ1v) is 12.1. The monoisotopic (exact) mass is 408 g/mol. The Bertz CT molecular complexity index is 1010. The molecule has 1 saturated heterocycles. The van der Waals surface area contributed by atoms with Gasteiger partial charge in [0, 0.05) is 19.6 Å². The fraction of sp³-hybridized carbons (Fsp3) is 0.368. The molecule has 0 aliphatic carbocycles. The van der Waals surface area contributed by atoms with Crippen LogP contribution in [-0.2, 0) is 26.4 Å². The minimum atomic E-state index is -3.69. The highest BCUT2D eigenvalue weighted by Crippen LogP contribution is 2.33. The smallest absolute Gasteiger partial charge is 0.211 e. The normalized spacial score (nSPS) is 21.9. The second kappa shape index (κ2) is 7.71. The molecule has 1 fully saturated rings. The van der Waals surface area contributed by atoms with E-state index in [-0.39, 0.29) is 30.4 Å². The maximum Gasteiger partial charge on any atom is 0.211 e. The van der Waals surface area contributed by atoms with Crippen LogP contribution in [0.1, 0.15) is 23.5 Å². The highest BCUT2D eigenvalue weighted by Gasteiger charge is 2.39. The summed E-state index contributed by atoms with van der Waals surface area (Å²) in [7, 11) is -7.20. The van der Waals surface area contributed by atoms with Gasteiger partial charge in [-0.1, -0.05) is 42.5 Å². The predicted octanol–water partition coefficient (Wildman–Crippen LogP) is 1.74. The fourth-order valence-electron chi connectivity index (χ4n) is 3.52. The average Bonchev–Trinajstić information content (AvgIpc) is 2.67. The molecule has 3 rings (SSSR count). The maximum absolute atomic E-state index is 13.2. The van der Waals surface area contributed by atoms with E-state index >= 15 is 0 Å². The number of hydrogen-bond acceptors (Lipinski definition) is 5. The van der Waals surface area contributed by atoms with Gasteiger partial charge in [-0.15, -0.1) is 0 Å². The van der Waals surface area contributed by atoms with Crippen molar-refractivity contribution in [2.24, 2.45) is 5.73 Å². The molecule has 0 unspecified atom stereocenters. The first-order valence-electron chi connectivity index (χ1n) is 8.75. The van der Waals surface area contributed by atoms with Crippen LogP contribution < -0.4 is 5.73 Å². The van der Waals surface area contributed by atoms with Crippen molar-refractivity contribution in [2.75, 3.05) is 19.3 Å². The van der Waals surface area contributed by atoms with E-state index in [1.54, 1.807) is 24.3 Å². The molecular weight excluding hydrogens is 384 g/mol. The van der Waals surface area contributed by atoms with E-state index in [4.69, 9.17) is 5.73 Å². The van der Waals surface area contributed by atoms with Gasteiger partial charge in [-0.2, -0.15) is 0 Å². The van der Waals surface area contributed by atoms with Crippen molar-refractivity contribution in [1.29, 1.82) is 0 Å². The number of nitrogens with zero attached hydrogens (tertiary/aromatic N) is 1. The van der Waals surface area contributed by atoms with Gasteiger partial charge in [-0.3, -0.25) is 0 Å². The van der Waals surface area contributed by atoms with Crippen molar-refractivity contribution in [1.82, 2.24) is 4.31 Å². The summed E-state index contributed by atoms with van der Waals surface area (Å²) in [5, 5.41) is -0.806. The molecule has 0 bridgehead atoms. The second-order valence-electron chi connectivity index (χ2n) is 6.94. The Hall–Kier alpha value is -1.74. The Balaban J connectivity index is 1.99. The highest BCUT2D eigenvalue weighted by atomic mass is 32.2. The summed E-state index contributed by atoms with van der Waals surface area (Å²) in [6.45, 7) is 0.505. The molecule has 0 aromatic heterocycles. The molecule has 2 N–H and O–H groups in total. The topological polar surface area (TPSA) is 97.5 Å². The first-order chi connectivity index (χ1) is 12.7. The Kier molecular flexibility index (Phi) is 5.71. The zero-order chi connectivity index (χ0) is 19.7. The zero-order valence-electron chi connectivity index (χ0n) is 15.2. The van der Waals surface area contributed by atoms with E-state index in [0.717, 1.165) is 17.4 Å². The molecule has 146 valence electrons. The van der Waals surface area contributed by atoms with E-state index in [1.807, 2.05) is 30.3 Å². The van der Waals surface area contributed by atoms with E-state index in [9.17, 15) is 16.8 Å². The standard InChI is InChI=1S/C19H24N2O4S2/c1-26(22,23)21-13-17(16-7-3-2-4-8-16)11-19(14-21)27(24,25)18-9-5-6-15(10-18)12-20/h2-10,17,19H,11-14,20H2,1H3/t17-,19+/m0/s1. The third kappa shape index (κ3) is 4.40. The van der Waals surface area contributed by atoms with Crippen molar-refractivity contribution < 1.29 is 16.8 Å². The Morgan fingerprint density at radius 2 is 1.70 bits per heavy atom. The number of piperidine rings is 1. The van der Waals surface area contributed by atoms with Gasteiger partial charge in [0.15, 0.2) is 9.84 Å². The summed E-state index contributed by atoms with van der Waals surface area (Å²) in [6.07, 6.45) is 1.50. The molecule has 0 amide bonds. The predicted molar refractivity (Wildman–Crippen MR) is 106 cm³/mol. The van der Waals surface area contributed by atoms with Crippen LogP contribution in [0.5, 0.6) is 0 Å². The van der Waals surface area contributed by atoms with Gasteiger partial charge in [0.1, 0.15) is 0 Å². The third-order valence-corrected chi connectivity index (χ3v) is 8.39. The van der Waals surface area contributed by atoms with Gasteiger partial charge in [0.25, 0.3) is 0 Å². The Morgan fingerprint density at radius 3 is 2.33 bits per heavy atom. The summed E-state index contributed by atoms with van der Waals surface area (Å²) < 4.78 is 52.1. The fourth-order valence-corrected chi connectivity index (χ4v) is 6.34. The lowest BCUT2D eigenvalue weighted by Gasteiger charge is -2.36. The molecule has 1 aliphatic rings. The van der Waals surface area contributed by atoms with Crippen LogP contribution >= 0.6 is 0 Å². The van der Waals surface area contributed by atoms with Crippen molar-refractivity contribution in [3.8, 4) is 0 Å². The van der Waals surface area contributed by atoms with E-state index in [1.165, 1.54) is 4.31 Å². The summed E-state index contributed by atoms with van der Waals surface area (Å²) in [5.74, 6) is -0.174. The average molecular weight is 409 g/mol. The van der Waals surface area contributed by atoms with Gasteiger partial charge in [-0.25, -0.2) is 21.1 Å². The van der Waals surface area contributed by atoms with Gasteiger partial charge in [0.05, 0.1) is 16.4 Å². The van der Waals surface area contributed by atoms with Gasteiger partial charge in [0.2, 0.25) is 10.0 Å². The zero-order valence-corrected chi connectivity index (χ0v) is 16.8. The number of sulfone groups is 1. The molecule has 0 saturated carbocycles. The van der Waals surface area contributed by atoms with Crippen LogP contribution in [0.4, 0.5) is 0 Å². The Labute approximate surface area is 161 Å². The number of rotatable bonds is 5. The Morgan fingerprint density at radius 1 is 1.00 bits per heavy atom. The lowest BCUT2D eigenvalue weighted by molar-refractivity contribution is 0.317. The molecule has 6 nitrogen and oxygen atoms in total. The number of hydrogen-bond donors (Lipinski definition) is 1. The van der Waals surface area contributed by atoms with Gasteiger partial charge in [-0.05, 0) is 35.6 Å². The van der Waals surface area contributed by atoms with E-state index in [2.05, 4.69) is 0 Å². The highest BCUT2D eigenvalue weighted by molar-refractivity contribution is 7.92. The second-order valence-corrected chi connectivity index (χ2v) is 11.2. The lowest BCUT2D eigenvalue weighted by atomic mass is 9.91. The molecule has 2 aromatic rings. The van der Waals surface area contributed by atoms with Crippen LogP contribution in [0.3, 0.4) is 0 Å². The minimum Gasteiger partial charge on any atom is -0.326 e. The molecule has 27 heavy (non-hydrogen) atoms. The van der Waals surface area contributed by atoms with Crippen LogP contribution in [-0.4, -0.2) is 45.7 Å². The van der Waals surface area contributed by atoms with Crippen LogP contribution in [0.2, 0.25) is 0 Å². The van der Waals surface area contributed by atoms with Gasteiger partial charge >= 0.3 is 0 Å². The summed E-state index contributed by atoms with van der Waals surface area (Å²) >= 11 is 0. The van der Waals surface area contributed by atoms with Gasteiger partial charge < -0.3 is 5.73 Å². The lowest BCUT2D eigenvalue weighted by Crippen LogP contribution is -2.47. The van der Waals surface area contributed by atoms with E-state index in [0.29, 0.717) is 6.42 Å². The molecule has 0 radical (unpaired) electrons. The van der Waals surface area contributed by atoms with Crippen molar-refractivity contribution >= 4 is 19.9 Å². The molecule has 2 atom stereocenters. The quantitative estimate of drug-likeness (QED) is 0.813. The van der Waals surface area contributed by atoms with Crippen molar-refractivity contribution in [2.45, 2.75) is 29.0 Å². The molecule has 1 heterocycles. The third-order valence-electron chi connectivity index (χ3n) is 5.02. The molecule has 0 spiro atoms. The first kappa shape index (κ1) is 20.0. The number of nitrogens with two attached hydrogens (primary N) is 1. The number of sulfonamides is 1. The summed E-state index contributed by atoms with van der Waals surface area (Å²) in [4.78, 5) is 0.192. The summed E-state index contributed by atoms with van der Waals surface area (Å²) in [5.41, 5.74) is 7.31. The molecule has 8 heteroatoms. The SMILES string of the molecule is CS(=O)(=O)N1C[C@@H](c2ccccc2)C[C@@H](S(=O)(=O)c2cccc(CN)c2)C1. The van der Waals surface area contributed by atoms with Crippen LogP contribution in [0.25, 0.3) is 0 Å².